The van der Waals surface area contributed by atoms with Crippen molar-refractivity contribution in [3.8, 4) is 33.5 Å². The molecule has 0 unspecified atom stereocenters. The van der Waals surface area contributed by atoms with Crippen LogP contribution in [0.4, 0.5) is 0 Å². The lowest BCUT2D eigenvalue weighted by molar-refractivity contribution is 0.669. The van der Waals surface area contributed by atoms with E-state index in [0.717, 1.165) is 38.7 Å². The van der Waals surface area contributed by atoms with Crippen molar-refractivity contribution in [2.75, 3.05) is 0 Å². The third kappa shape index (κ3) is 1.93. The molecule has 29 heavy (non-hydrogen) atoms. The zero-order valence-corrected chi connectivity index (χ0v) is 15.5. The van der Waals surface area contributed by atoms with Crippen LogP contribution in [0.3, 0.4) is 0 Å². The first-order valence-corrected chi connectivity index (χ1v) is 9.83. The van der Waals surface area contributed by atoms with Crippen LogP contribution in [0.1, 0.15) is 0 Å². The summed E-state index contributed by atoms with van der Waals surface area (Å²) in [6.07, 6.45) is 0. The third-order valence-electron chi connectivity index (χ3n) is 6.02. The van der Waals surface area contributed by atoms with Gasteiger partial charge in [0.1, 0.15) is 11.2 Å². The standard InChI is InChI=1S/C27H15NO/c1-2-8-17-16(7-1)18-10-5-12-22-26(18)21(17)15-23(28-22)19-11-6-14-25-27(19)20-9-3-4-13-24(20)29-25/h1-15H. The molecule has 0 atom stereocenters. The Bertz CT molecular complexity index is 1610. The maximum atomic E-state index is 6.10. The van der Waals surface area contributed by atoms with Crippen LogP contribution in [0.25, 0.3) is 66.4 Å². The van der Waals surface area contributed by atoms with Gasteiger partial charge in [0.25, 0.3) is 0 Å². The molecule has 0 bridgehead atoms. The number of fused-ring (bicyclic) bond motifs is 6. The largest absolute Gasteiger partial charge is 0.456 e. The molecule has 2 nitrogen and oxygen atoms in total. The number of nitrogens with zero attached hydrogens (tertiary/aromatic N) is 1. The Balaban J connectivity index is 1.61. The van der Waals surface area contributed by atoms with Gasteiger partial charge in [-0.2, -0.15) is 0 Å². The first-order chi connectivity index (χ1) is 14.4. The van der Waals surface area contributed by atoms with Crippen molar-refractivity contribution in [2.45, 2.75) is 0 Å². The first-order valence-electron chi connectivity index (χ1n) is 9.83. The monoisotopic (exact) mass is 369 g/mol. The van der Waals surface area contributed by atoms with E-state index < -0.39 is 0 Å². The average Bonchev–Trinajstić information content (AvgIpc) is 3.31. The molecule has 0 aliphatic heterocycles. The van der Waals surface area contributed by atoms with Gasteiger partial charge in [0, 0.05) is 21.7 Å². The van der Waals surface area contributed by atoms with Gasteiger partial charge in [-0.05, 0) is 46.5 Å². The summed E-state index contributed by atoms with van der Waals surface area (Å²) >= 11 is 0. The lowest BCUT2D eigenvalue weighted by atomic mass is 9.99. The molecule has 1 aliphatic rings. The number of benzene rings is 4. The van der Waals surface area contributed by atoms with Crippen LogP contribution >= 0.6 is 0 Å². The molecule has 0 amide bonds. The second-order valence-corrected chi connectivity index (χ2v) is 7.58. The van der Waals surface area contributed by atoms with Crippen molar-refractivity contribution >= 4 is 32.8 Å². The molecule has 6 aromatic rings. The second-order valence-electron chi connectivity index (χ2n) is 7.58. The van der Waals surface area contributed by atoms with Gasteiger partial charge in [-0.15, -0.1) is 0 Å². The molecule has 0 saturated carbocycles. The fraction of sp³-hybridized carbons (Fsp3) is 0. The SMILES string of the molecule is c1ccc2c(c1)-c1cccc3nc(-c4cccc5oc6ccccc6c45)cc-2c13. The van der Waals surface area contributed by atoms with Crippen LogP contribution in [0, 0.1) is 0 Å². The van der Waals surface area contributed by atoms with Crippen LogP contribution in [-0.2, 0) is 0 Å². The van der Waals surface area contributed by atoms with E-state index in [2.05, 4.69) is 72.8 Å². The summed E-state index contributed by atoms with van der Waals surface area (Å²) in [5, 5.41) is 3.51. The van der Waals surface area contributed by atoms with Crippen molar-refractivity contribution in [1.82, 2.24) is 4.98 Å². The van der Waals surface area contributed by atoms with E-state index in [4.69, 9.17) is 9.40 Å². The molecule has 134 valence electrons. The quantitative estimate of drug-likeness (QED) is 0.300. The Morgan fingerprint density at radius 3 is 2.14 bits per heavy atom. The summed E-state index contributed by atoms with van der Waals surface area (Å²) in [4.78, 5) is 5.09. The summed E-state index contributed by atoms with van der Waals surface area (Å²) in [5.74, 6) is 0. The summed E-state index contributed by atoms with van der Waals surface area (Å²) in [5.41, 5.74) is 10.1. The van der Waals surface area contributed by atoms with Crippen molar-refractivity contribution in [2.24, 2.45) is 0 Å². The molecule has 2 heterocycles. The molecule has 1 aliphatic carbocycles. The maximum Gasteiger partial charge on any atom is 0.136 e. The molecule has 0 spiro atoms. The zero-order valence-electron chi connectivity index (χ0n) is 15.5. The molecule has 0 fully saturated rings. The summed E-state index contributed by atoms with van der Waals surface area (Å²) < 4.78 is 6.10. The van der Waals surface area contributed by atoms with Gasteiger partial charge in [-0.25, -0.2) is 4.98 Å². The maximum absolute atomic E-state index is 6.10. The van der Waals surface area contributed by atoms with Crippen molar-refractivity contribution in [3.05, 3.63) is 91.0 Å². The molecule has 0 radical (unpaired) electrons. The molecule has 4 aromatic carbocycles. The Morgan fingerprint density at radius 2 is 1.21 bits per heavy atom. The van der Waals surface area contributed by atoms with E-state index >= 15 is 0 Å². The van der Waals surface area contributed by atoms with Crippen molar-refractivity contribution in [3.63, 3.8) is 0 Å². The fourth-order valence-electron chi connectivity index (χ4n) is 4.80. The van der Waals surface area contributed by atoms with E-state index in [1.807, 2.05) is 18.2 Å². The predicted molar refractivity (Wildman–Crippen MR) is 119 cm³/mol. The first kappa shape index (κ1) is 15.1. The van der Waals surface area contributed by atoms with Crippen LogP contribution in [0.2, 0.25) is 0 Å². The fourth-order valence-corrected chi connectivity index (χ4v) is 4.80. The molecule has 7 rings (SSSR count). The summed E-state index contributed by atoms with van der Waals surface area (Å²) in [6.45, 7) is 0. The van der Waals surface area contributed by atoms with Gasteiger partial charge in [0.05, 0.1) is 11.2 Å². The number of rotatable bonds is 1. The van der Waals surface area contributed by atoms with Gasteiger partial charge in [-0.3, -0.25) is 0 Å². The molecule has 0 N–H and O–H groups in total. The third-order valence-corrected chi connectivity index (χ3v) is 6.02. The highest BCUT2D eigenvalue weighted by Crippen LogP contribution is 2.48. The number of aromatic nitrogens is 1. The normalized spacial score (nSPS) is 12.1. The van der Waals surface area contributed by atoms with Crippen molar-refractivity contribution < 1.29 is 4.42 Å². The van der Waals surface area contributed by atoms with Crippen LogP contribution in [0.15, 0.2) is 95.4 Å². The number of hydrogen-bond acceptors (Lipinski definition) is 2. The van der Waals surface area contributed by atoms with E-state index in [1.54, 1.807) is 0 Å². The minimum absolute atomic E-state index is 0.899. The lowest BCUT2D eigenvalue weighted by Gasteiger charge is -2.08. The highest BCUT2D eigenvalue weighted by molar-refractivity contribution is 6.17. The van der Waals surface area contributed by atoms with Gasteiger partial charge >= 0.3 is 0 Å². The van der Waals surface area contributed by atoms with Gasteiger partial charge in [0.2, 0.25) is 0 Å². The second kappa shape index (κ2) is 5.33. The number of para-hydroxylation sites is 1. The Morgan fingerprint density at radius 1 is 0.517 bits per heavy atom. The Kier molecular flexibility index (Phi) is 2.77. The molecule has 2 heteroatoms. The average molecular weight is 369 g/mol. The Labute approximate surface area is 167 Å². The van der Waals surface area contributed by atoms with E-state index in [1.165, 1.54) is 27.6 Å². The van der Waals surface area contributed by atoms with Gasteiger partial charge in [0.15, 0.2) is 0 Å². The molecular weight excluding hydrogens is 354 g/mol. The number of pyridine rings is 1. The highest BCUT2D eigenvalue weighted by Gasteiger charge is 2.23. The van der Waals surface area contributed by atoms with Crippen LogP contribution in [0.5, 0.6) is 0 Å². The minimum atomic E-state index is 0.899. The van der Waals surface area contributed by atoms with Crippen LogP contribution < -0.4 is 0 Å². The number of furan rings is 1. The number of hydrogen-bond donors (Lipinski definition) is 0. The zero-order chi connectivity index (χ0) is 18.9. The highest BCUT2D eigenvalue weighted by atomic mass is 16.3. The summed E-state index contributed by atoms with van der Waals surface area (Å²) in [6, 6.07) is 31.7. The molecule has 0 saturated heterocycles. The topological polar surface area (TPSA) is 26.0 Å². The van der Waals surface area contributed by atoms with Crippen molar-refractivity contribution in [1.29, 1.82) is 0 Å². The molecule has 2 aromatic heterocycles. The van der Waals surface area contributed by atoms with Gasteiger partial charge in [-0.1, -0.05) is 66.7 Å². The lowest BCUT2D eigenvalue weighted by Crippen LogP contribution is -1.88. The van der Waals surface area contributed by atoms with Crippen LogP contribution in [-0.4, -0.2) is 4.98 Å². The Hall–Kier alpha value is -3.91. The van der Waals surface area contributed by atoms with Gasteiger partial charge < -0.3 is 4.42 Å². The smallest absolute Gasteiger partial charge is 0.136 e. The van der Waals surface area contributed by atoms with E-state index in [9.17, 15) is 0 Å². The molecular formula is C27H15NO. The summed E-state index contributed by atoms with van der Waals surface area (Å²) in [7, 11) is 0. The van der Waals surface area contributed by atoms with E-state index in [0.29, 0.717) is 0 Å². The minimum Gasteiger partial charge on any atom is -0.456 e. The predicted octanol–water partition coefficient (Wildman–Crippen LogP) is 7.45. The van der Waals surface area contributed by atoms with E-state index in [-0.39, 0.29) is 0 Å².